The van der Waals surface area contributed by atoms with Gasteiger partial charge in [-0.3, -0.25) is 9.59 Å². The predicted molar refractivity (Wildman–Crippen MR) is 144 cm³/mol. The van der Waals surface area contributed by atoms with Crippen molar-refractivity contribution in [3.05, 3.63) is 89.6 Å². The second kappa shape index (κ2) is 11.4. The van der Waals surface area contributed by atoms with Gasteiger partial charge in [-0.05, 0) is 43.0 Å². The molecular formula is C29H35N5O2. The Balaban J connectivity index is 1.44. The third-order valence-electron chi connectivity index (χ3n) is 6.80. The van der Waals surface area contributed by atoms with Crippen molar-refractivity contribution in [3.63, 3.8) is 0 Å². The molecule has 3 atom stereocenters. The summed E-state index contributed by atoms with van der Waals surface area (Å²) < 4.78 is 0. The van der Waals surface area contributed by atoms with Crippen LogP contribution in [0.15, 0.2) is 72.9 Å². The Morgan fingerprint density at radius 3 is 2.44 bits per heavy atom. The first kappa shape index (κ1) is 25.4. The first-order valence-electron chi connectivity index (χ1n) is 12.4. The molecule has 4 rings (SSSR count). The summed E-state index contributed by atoms with van der Waals surface area (Å²) in [6.07, 6.45) is 1.72. The molecule has 1 aromatic heterocycles. The normalized spacial score (nSPS) is 17.6. The number of carbonyl (C=O) groups excluding carboxylic acids is 2. The molecule has 0 bridgehead atoms. The zero-order valence-corrected chi connectivity index (χ0v) is 21.4. The number of pyridine rings is 1. The minimum absolute atomic E-state index is 0.0853. The van der Waals surface area contributed by atoms with Crippen LogP contribution >= 0.6 is 0 Å². The second-order valence-electron chi connectivity index (χ2n) is 9.71. The highest BCUT2D eigenvalue weighted by Gasteiger charge is 2.27. The summed E-state index contributed by atoms with van der Waals surface area (Å²) in [4.78, 5) is 33.8. The van der Waals surface area contributed by atoms with Gasteiger partial charge in [-0.15, -0.1) is 0 Å². The summed E-state index contributed by atoms with van der Waals surface area (Å²) in [6, 6.07) is 21.6. The molecule has 0 unspecified atom stereocenters. The summed E-state index contributed by atoms with van der Waals surface area (Å²) in [5.41, 5.74) is 4.22. The standard InChI is InChI=1S/C29H35N5O2/c1-20-10-12-23(13-11-20)21(2)16-31-28(24-8-6-5-7-9-24)29(36)32-26-15-14-25(17-30-26)34-19-27(35)33(4)18-22(34)3/h5-15,17,21-22,28,31H,16,18-19H2,1-4H3,(H,30,32,36)/t21-,22-,28-/m1/s1. The number of carbonyl (C=O) groups is 2. The van der Waals surface area contributed by atoms with Crippen molar-refractivity contribution in [2.24, 2.45) is 0 Å². The van der Waals surface area contributed by atoms with E-state index in [-0.39, 0.29) is 23.8 Å². The monoisotopic (exact) mass is 485 g/mol. The fourth-order valence-corrected chi connectivity index (χ4v) is 4.51. The van der Waals surface area contributed by atoms with Crippen LogP contribution in [-0.4, -0.2) is 54.4 Å². The molecule has 2 amide bonds. The lowest BCUT2D eigenvalue weighted by Crippen LogP contribution is -2.53. The van der Waals surface area contributed by atoms with Crippen LogP contribution in [0.4, 0.5) is 11.5 Å². The van der Waals surface area contributed by atoms with Crippen LogP contribution in [0.2, 0.25) is 0 Å². The summed E-state index contributed by atoms with van der Waals surface area (Å²) in [7, 11) is 1.83. The van der Waals surface area contributed by atoms with Crippen LogP contribution in [0, 0.1) is 6.92 Å². The van der Waals surface area contributed by atoms with Gasteiger partial charge in [-0.2, -0.15) is 0 Å². The molecule has 3 aromatic rings. The zero-order valence-electron chi connectivity index (χ0n) is 21.4. The average Bonchev–Trinajstić information content (AvgIpc) is 2.88. The molecular weight excluding hydrogens is 450 g/mol. The average molecular weight is 486 g/mol. The van der Waals surface area contributed by atoms with Gasteiger partial charge in [0.25, 0.3) is 0 Å². The molecule has 0 aliphatic carbocycles. The number of anilines is 2. The van der Waals surface area contributed by atoms with E-state index in [4.69, 9.17) is 0 Å². The smallest absolute Gasteiger partial charge is 0.247 e. The van der Waals surface area contributed by atoms with Crippen LogP contribution < -0.4 is 15.5 Å². The van der Waals surface area contributed by atoms with Gasteiger partial charge in [0.05, 0.1) is 18.4 Å². The second-order valence-corrected chi connectivity index (χ2v) is 9.71. The number of nitrogens with one attached hydrogen (secondary N) is 2. The predicted octanol–water partition coefficient (Wildman–Crippen LogP) is 4.13. The maximum Gasteiger partial charge on any atom is 0.247 e. The molecule has 7 nitrogen and oxygen atoms in total. The molecule has 0 radical (unpaired) electrons. The van der Waals surface area contributed by atoms with Crippen molar-refractivity contribution < 1.29 is 9.59 Å². The number of piperazine rings is 1. The highest BCUT2D eigenvalue weighted by Crippen LogP contribution is 2.23. The summed E-state index contributed by atoms with van der Waals surface area (Å²) in [5, 5.41) is 6.42. The van der Waals surface area contributed by atoms with Gasteiger partial charge in [0.2, 0.25) is 11.8 Å². The first-order chi connectivity index (χ1) is 17.3. The molecule has 1 saturated heterocycles. The molecule has 188 valence electrons. The van der Waals surface area contributed by atoms with Crippen LogP contribution in [0.3, 0.4) is 0 Å². The SMILES string of the molecule is Cc1ccc([C@H](C)CN[C@@H](C(=O)Nc2ccc(N3CC(=O)N(C)C[C@H]3C)cn2)c2ccccc2)cc1. The lowest BCUT2D eigenvalue weighted by atomic mass is 9.98. The number of nitrogens with zero attached hydrogens (tertiary/aromatic N) is 3. The Morgan fingerprint density at radius 1 is 1.06 bits per heavy atom. The number of aryl methyl sites for hydroxylation is 1. The molecule has 1 aliphatic rings. The highest BCUT2D eigenvalue weighted by atomic mass is 16.2. The van der Waals surface area contributed by atoms with Crippen molar-refractivity contribution in [1.82, 2.24) is 15.2 Å². The summed E-state index contributed by atoms with van der Waals surface area (Å²) >= 11 is 0. The lowest BCUT2D eigenvalue weighted by Gasteiger charge is -2.39. The third-order valence-corrected chi connectivity index (χ3v) is 6.80. The van der Waals surface area contributed by atoms with E-state index >= 15 is 0 Å². The Morgan fingerprint density at radius 2 is 1.78 bits per heavy atom. The van der Waals surface area contributed by atoms with Gasteiger partial charge in [0, 0.05) is 26.2 Å². The largest absolute Gasteiger partial charge is 0.356 e. The minimum atomic E-state index is -0.518. The number of amides is 2. The molecule has 1 aliphatic heterocycles. The number of rotatable bonds is 8. The highest BCUT2D eigenvalue weighted by molar-refractivity contribution is 5.95. The fraction of sp³-hybridized carbons (Fsp3) is 0.345. The van der Waals surface area contributed by atoms with Gasteiger partial charge in [0.15, 0.2) is 0 Å². The molecule has 0 saturated carbocycles. The zero-order chi connectivity index (χ0) is 25.7. The summed E-state index contributed by atoms with van der Waals surface area (Å²) in [5.74, 6) is 0.643. The van der Waals surface area contributed by atoms with Gasteiger partial charge in [-0.25, -0.2) is 4.98 Å². The Labute approximate surface area is 213 Å². The van der Waals surface area contributed by atoms with Crippen molar-refractivity contribution in [2.75, 3.05) is 36.9 Å². The van der Waals surface area contributed by atoms with Gasteiger partial charge in [-0.1, -0.05) is 67.1 Å². The molecule has 2 N–H and O–H groups in total. The van der Waals surface area contributed by atoms with Gasteiger partial charge in [0.1, 0.15) is 11.9 Å². The van der Waals surface area contributed by atoms with E-state index in [0.717, 1.165) is 11.3 Å². The van der Waals surface area contributed by atoms with Crippen molar-refractivity contribution in [3.8, 4) is 0 Å². The van der Waals surface area contributed by atoms with Crippen molar-refractivity contribution in [1.29, 1.82) is 0 Å². The Hall–Kier alpha value is -3.71. The van der Waals surface area contributed by atoms with E-state index in [1.54, 1.807) is 17.2 Å². The molecule has 1 fully saturated rings. The number of likely N-dealkylation sites (N-methyl/N-ethyl adjacent to an activating group) is 1. The van der Waals surface area contributed by atoms with E-state index in [9.17, 15) is 9.59 Å². The molecule has 7 heteroatoms. The van der Waals surface area contributed by atoms with Crippen LogP contribution in [0.25, 0.3) is 0 Å². The fourth-order valence-electron chi connectivity index (χ4n) is 4.51. The minimum Gasteiger partial charge on any atom is -0.356 e. The van der Waals surface area contributed by atoms with Gasteiger partial charge < -0.3 is 20.4 Å². The Kier molecular flexibility index (Phi) is 8.00. The Bertz CT molecular complexity index is 1160. The molecule has 2 heterocycles. The lowest BCUT2D eigenvalue weighted by molar-refractivity contribution is -0.130. The summed E-state index contributed by atoms with van der Waals surface area (Å²) in [6.45, 7) is 7.97. The van der Waals surface area contributed by atoms with E-state index in [2.05, 4.69) is 60.7 Å². The topological polar surface area (TPSA) is 77.6 Å². The van der Waals surface area contributed by atoms with Crippen molar-refractivity contribution in [2.45, 2.75) is 38.8 Å². The number of benzene rings is 2. The maximum atomic E-state index is 13.4. The van der Waals surface area contributed by atoms with E-state index in [1.807, 2.05) is 48.3 Å². The van der Waals surface area contributed by atoms with E-state index in [0.29, 0.717) is 25.5 Å². The number of hydrogen-bond donors (Lipinski definition) is 2. The number of aromatic nitrogens is 1. The molecule has 2 aromatic carbocycles. The van der Waals surface area contributed by atoms with Crippen LogP contribution in [0.5, 0.6) is 0 Å². The number of hydrogen-bond acceptors (Lipinski definition) is 5. The third kappa shape index (κ3) is 6.10. The quantitative estimate of drug-likeness (QED) is 0.502. The maximum absolute atomic E-state index is 13.4. The van der Waals surface area contributed by atoms with Crippen LogP contribution in [-0.2, 0) is 9.59 Å². The van der Waals surface area contributed by atoms with Crippen LogP contribution in [0.1, 0.15) is 42.5 Å². The molecule has 36 heavy (non-hydrogen) atoms. The van der Waals surface area contributed by atoms with Gasteiger partial charge >= 0.3 is 0 Å². The first-order valence-corrected chi connectivity index (χ1v) is 12.4. The molecule has 0 spiro atoms. The van der Waals surface area contributed by atoms with Crippen molar-refractivity contribution >= 4 is 23.3 Å². The van der Waals surface area contributed by atoms with E-state index < -0.39 is 6.04 Å². The van der Waals surface area contributed by atoms with E-state index in [1.165, 1.54) is 11.1 Å².